The molecule has 10 nitrogen and oxygen atoms in total. The van der Waals surface area contributed by atoms with Gasteiger partial charge in [0, 0.05) is 56.2 Å². The average Bonchev–Trinajstić information content (AvgIpc) is 3.20. The predicted octanol–water partition coefficient (Wildman–Crippen LogP) is 5.37. The van der Waals surface area contributed by atoms with Gasteiger partial charge in [0.25, 0.3) is 0 Å². The van der Waals surface area contributed by atoms with Crippen molar-refractivity contribution in [3.05, 3.63) is 64.3 Å². The van der Waals surface area contributed by atoms with Crippen molar-refractivity contribution in [2.75, 3.05) is 57.2 Å². The Bertz CT molecular complexity index is 1610. The van der Waals surface area contributed by atoms with Crippen LogP contribution in [0, 0.1) is 11.3 Å². The zero-order valence-electron chi connectivity index (χ0n) is 27.2. The molecule has 0 fully saturated rings. The number of nitriles is 1. The van der Waals surface area contributed by atoms with Crippen molar-refractivity contribution in [1.82, 2.24) is 14.9 Å². The number of nitrogens with one attached hydrogen (secondary N) is 1. The molecule has 1 aromatic heterocycles. The van der Waals surface area contributed by atoms with Crippen LogP contribution < -0.4 is 10.2 Å². The van der Waals surface area contributed by atoms with Crippen LogP contribution in [0.3, 0.4) is 0 Å². The van der Waals surface area contributed by atoms with Crippen molar-refractivity contribution >= 4 is 23.4 Å². The van der Waals surface area contributed by atoms with E-state index in [0.29, 0.717) is 40.6 Å². The number of carbonyl (C=O) groups is 1. The lowest BCUT2D eigenvalue weighted by Gasteiger charge is -2.26. The summed E-state index contributed by atoms with van der Waals surface area (Å²) >= 11 is 0. The van der Waals surface area contributed by atoms with Crippen LogP contribution in [0.2, 0.25) is 0 Å². The normalized spacial score (nSPS) is 18.1. The smallest absolute Gasteiger partial charge is 0.414 e. The van der Waals surface area contributed by atoms with Gasteiger partial charge in [-0.25, -0.2) is 14.8 Å². The highest BCUT2D eigenvalue weighted by molar-refractivity contribution is 5.95. The lowest BCUT2D eigenvalue weighted by atomic mass is 9.83. The number of ether oxygens (including phenoxy) is 2. The molecular weight excluding hydrogens is 568 g/mol. The predicted molar refractivity (Wildman–Crippen MR) is 175 cm³/mol. The van der Waals surface area contributed by atoms with E-state index in [-0.39, 0.29) is 13.2 Å². The van der Waals surface area contributed by atoms with E-state index in [4.69, 9.17) is 14.5 Å². The van der Waals surface area contributed by atoms with E-state index in [1.807, 2.05) is 13.0 Å². The molecule has 5 rings (SSSR count). The van der Waals surface area contributed by atoms with Crippen molar-refractivity contribution < 1.29 is 19.4 Å². The fraction of sp³-hybridized carbons (Fsp3) is 0.486. The summed E-state index contributed by atoms with van der Waals surface area (Å²) in [5.74, 6) is 0.450. The highest BCUT2D eigenvalue weighted by atomic mass is 16.6. The molecule has 3 aromatic rings. The number of rotatable bonds is 8. The minimum Gasteiger partial charge on any atom is -0.443 e. The fourth-order valence-corrected chi connectivity index (χ4v) is 6.11. The van der Waals surface area contributed by atoms with Gasteiger partial charge in [0.05, 0.1) is 23.6 Å². The molecule has 0 radical (unpaired) electrons. The first-order valence-electron chi connectivity index (χ1n) is 15.6. The number of carbonyl (C=O) groups excluding carboxylic acids is 1. The van der Waals surface area contributed by atoms with Crippen LogP contribution in [0.15, 0.2) is 36.5 Å². The number of aliphatic hydroxyl groups excluding tert-OH is 1. The Kier molecular flexibility index (Phi) is 9.44. The van der Waals surface area contributed by atoms with Crippen molar-refractivity contribution in [2.24, 2.45) is 0 Å². The van der Waals surface area contributed by atoms with Gasteiger partial charge < -0.3 is 24.8 Å². The average molecular weight is 613 g/mol. The van der Waals surface area contributed by atoms with Gasteiger partial charge in [-0.1, -0.05) is 13.0 Å². The lowest BCUT2D eigenvalue weighted by Crippen LogP contribution is -2.40. The number of methoxy groups -OCH3 is 1. The Hall–Kier alpha value is -4.04. The number of benzene rings is 2. The van der Waals surface area contributed by atoms with Crippen LogP contribution in [0.1, 0.15) is 61.9 Å². The van der Waals surface area contributed by atoms with Crippen molar-refractivity contribution in [3.63, 3.8) is 0 Å². The number of hydrogen-bond donors (Lipinski definition) is 2. The molecule has 3 heterocycles. The minimum atomic E-state index is -0.783. The number of anilines is 3. The van der Waals surface area contributed by atoms with Gasteiger partial charge in [0.1, 0.15) is 11.7 Å². The Labute approximate surface area is 266 Å². The molecule has 0 saturated carbocycles. The Balaban J connectivity index is 1.51. The summed E-state index contributed by atoms with van der Waals surface area (Å²) in [5, 5.41) is 24.1. The second-order valence-electron chi connectivity index (χ2n) is 13.4. The molecule has 0 unspecified atom stereocenters. The molecule has 238 valence electrons. The van der Waals surface area contributed by atoms with Crippen LogP contribution in [0.25, 0.3) is 11.3 Å². The largest absolute Gasteiger partial charge is 0.443 e. The third-order valence-electron chi connectivity index (χ3n) is 8.56. The summed E-state index contributed by atoms with van der Waals surface area (Å²) in [6, 6.07) is 12.3. The number of aryl methyl sites for hydroxylation is 1. The molecule has 45 heavy (non-hydrogen) atoms. The summed E-state index contributed by atoms with van der Waals surface area (Å²) < 4.78 is 11.0. The SMILES string of the molecule is COCCCc1cc2c(cc1Nc1nccc(-c3cc(C#N)c4c(c3)[C@@](C)(CO)CN4C(=O)OC(C)(C)C)n1)CCN(C)CC2. The van der Waals surface area contributed by atoms with Crippen LogP contribution in [0.5, 0.6) is 0 Å². The molecule has 2 N–H and O–H groups in total. The van der Waals surface area contributed by atoms with Gasteiger partial charge in [-0.15, -0.1) is 0 Å². The second-order valence-corrected chi connectivity index (χ2v) is 13.4. The summed E-state index contributed by atoms with van der Waals surface area (Å²) in [7, 11) is 3.89. The maximum Gasteiger partial charge on any atom is 0.414 e. The van der Waals surface area contributed by atoms with Crippen LogP contribution >= 0.6 is 0 Å². The molecule has 0 aliphatic carbocycles. The number of aliphatic hydroxyl groups is 1. The quantitative estimate of drug-likeness (QED) is 0.323. The van der Waals surface area contributed by atoms with E-state index in [1.54, 1.807) is 46.2 Å². The first kappa shape index (κ1) is 32.4. The van der Waals surface area contributed by atoms with E-state index in [9.17, 15) is 15.2 Å². The Morgan fingerprint density at radius 2 is 1.91 bits per heavy atom. The van der Waals surface area contributed by atoms with Crippen molar-refractivity contribution in [1.29, 1.82) is 5.26 Å². The molecule has 2 aromatic carbocycles. The van der Waals surface area contributed by atoms with Crippen LogP contribution in [-0.4, -0.2) is 78.7 Å². The third-order valence-corrected chi connectivity index (χ3v) is 8.56. The molecular formula is C35H44N6O4. The number of amides is 1. The minimum absolute atomic E-state index is 0.197. The van der Waals surface area contributed by atoms with Gasteiger partial charge in [0.15, 0.2) is 0 Å². The van der Waals surface area contributed by atoms with E-state index < -0.39 is 17.1 Å². The fourth-order valence-electron chi connectivity index (χ4n) is 6.11. The molecule has 0 spiro atoms. The zero-order valence-corrected chi connectivity index (χ0v) is 27.2. The number of hydrogen-bond acceptors (Lipinski definition) is 9. The van der Waals surface area contributed by atoms with Gasteiger partial charge in [-0.3, -0.25) is 4.90 Å². The first-order valence-corrected chi connectivity index (χ1v) is 15.6. The van der Waals surface area contributed by atoms with Crippen molar-refractivity contribution in [2.45, 2.75) is 64.4 Å². The molecule has 0 bridgehead atoms. The molecule has 1 atom stereocenters. The maximum atomic E-state index is 13.2. The van der Waals surface area contributed by atoms with E-state index in [1.165, 1.54) is 21.6 Å². The summed E-state index contributed by atoms with van der Waals surface area (Å²) in [5.41, 5.74) is 6.24. The number of aromatic nitrogens is 2. The van der Waals surface area contributed by atoms with E-state index in [0.717, 1.165) is 44.5 Å². The van der Waals surface area contributed by atoms with Gasteiger partial charge in [-0.2, -0.15) is 5.26 Å². The Morgan fingerprint density at radius 3 is 2.58 bits per heavy atom. The van der Waals surface area contributed by atoms with Gasteiger partial charge in [-0.05, 0) is 100 Å². The second kappa shape index (κ2) is 13.1. The molecule has 0 saturated heterocycles. The number of nitrogens with zero attached hydrogens (tertiary/aromatic N) is 5. The molecule has 2 aliphatic heterocycles. The molecule has 10 heteroatoms. The van der Waals surface area contributed by atoms with Crippen LogP contribution in [0.4, 0.5) is 22.1 Å². The third kappa shape index (κ3) is 7.12. The van der Waals surface area contributed by atoms with Gasteiger partial charge in [0.2, 0.25) is 5.95 Å². The van der Waals surface area contributed by atoms with Gasteiger partial charge >= 0.3 is 6.09 Å². The number of fused-ring (bicyclic) bond motifs is 2. The topological polar surface area (TPSA) is 124 Å². The summed E-state index contributed by atoms with van der Waals surface area (Å²) in [6.45, 7) is 10.0. The monoisotopic (exact) mass is 612 g/mol. The highest BCUT2D eigenvalue weighted by Gasteiger charge is 2.44. The Morgan fingerprint density at radius 1 is 1.18 bits per heavy atom. The summed E-state index contributed by atoms with van der Waals surface area (Å²) in [4.78, 5) is 26.4. The van der Waals surface area contributed by atoms with Crippen molar-refractivity contribution in [3.8, 4) is 17.3 Å². The van der Waals surface area contributed by atoms with Crippen LogP contribution in [-0.2, 0) is 34.2 Å². The maximum absolute atomic E-state index is 13.2. The molecule has 2 aliphatic rings. The van der Waals surface area contributed by atoms with E-state index >= 15 is 0 Å². The van der Waals surface area contributed by atoms with E-state index in [2.05, 4.69) is 40.5 Å². The first-order chi connectivity index (χ1) is 21.4. The standard InChI is InChI=1S/C35H44N6O4/c1-34(2,3)45-33(43)41-21-35(4,22-42)28-18-26(17-27(20-36)31(28)41)29-9-12-37-32(38-29)39-30-19-24-11-14-40(5)13-10-23(24)16-25(30)8-7-15-44-6/h9,12,16-19,42H,7-8,10-11,13-15,21-22H2,1-6H3,(H,37,38,39)/t35-/m1/s1. The highest BCUT2D eigenvalue weighted by Crippen LogP contribution is 2.45. The lowest BCUT2D eigenvalue weighted by molar-refractivity contribution is 0.0575. The summed E-state index contributed by atoms with van der Waals surface area (Å²) in [6.07, 6.45) is 4.92. The number of likely N-dealkylation sites (N-methyl/N-ethyl adjacent to an activating group) is 1. The molecule has 1 amide bonds. The zero-order chi connectivity index (χ0) is 32.4.